The highest BCUT2D eigenvalue weighted by Gasteiger charge is 2.33. The van der Waals surface area contributed by atoms with E-state index < -0.39 is 24.1 Å². The Morgan fingerprint density at radius 3 is 3.03 bits per heavy atom. The number of nitrogens with zero attached hydrogens (tertiary/aromatic N) is 4. The average molecular weight is 417 g/mol. The van der Waals surface area contributed by atoms with Crippen LogP contribution < -0.4 is 10.2 Å². The summed E-state index contributed by atoms with van der Waals surface area (Å²) in [6.07, 6.45) is 1.01. The Morgan fingerprint density at radius 2 is 2.31 bits per heavy atom. The van der Waals surface area contributed by atoms with Gasteiger partial charge in [-0.15, -0.1) is 11.3 Å². The molecule has 0 unspecified atom stereocenters. The number of aromatic nitrogens is 3. The fraction of sp³-hybridized carbons (Fsp3) is 0.222. The summed E-state index contributed by atoms with van der Waals surface area (Å²) < 4.78 is 21.6. The maximum Gasteiger partial charge on any atom is 0.414 e. The summed E-state index contributed by atoms with van der Waals surface area (Å²) in [5.41, 5.74) is 1.44. The maximum atomic E-state index is 14.7. The first-order valence-corrected chi connectivity index (χ1v) is 9.54. The zero-order valence-electron chi connectivity index (χ0n) is 15.0. The molecule has 29 heavy (non-hydrogen) atoms. The van der Waals surface area contributed by atoms with Crippen LogP contribution in [0.4, 0.5) is 19.7 Å². The van der Waals surface area contributed by atoms with E-state index in [1.54, 1.807) is 23.0 Å². The number of thiazole rings is 1. The minimum Gasteiger partial charge on any atom is -0.465 e. The Hall–Kier alpha value is -3.47. The van der Waals surface area contributed by atoms with Gasteiger partial charge in [-0.1, -0.05) is 0 Å². The lowest BCUT2D eigenvalue weighted by Crippen LogP contribution is -2.33. The number of carbonyl (C=O) groups is 2. The molecule has 4 rings (SSSR count). The van der Waals surface area contributed by atoms with Crippen LogP contribution in [-0.2, 0) is 11.3 Å². The SMILES string of the molecule is O=C(O)NC[C@H]1CN(c2ccc(-c3nc(Cn4cccn4)cs3)c(F)c2)C(=O)O1. The van der Waals surface area contributed by atoms with Gasteiger partial charge in [0.05, 0.1) is 31.0 Å². The number of benzene rings is 1. The van der Waals surface area contributed by atoms with Crippen molar-refractivity contribution in [3.8, 4) is 10.6 Å². The maximum absolute atomic E-state index is 14.7. The lowest BCUT2D eigenvalue weighted by atomic mass is 10.2. The molecule has 1 saturated heterocycles. The molecule has 1 aliphatic heterocycles. The monoisotopic (exact) mass is 417 g/mol. The normalized spacial score (nSPS) is 16.1. The lowest BCUT2D eigenvalue weighted by molar-refractivity contribution is 0.136. The molecule has 3 heterocycles. The molecule has 0 aliphatic carbocycles. The fourth-order valence-corrected chi connectivity index (χ4v) is 3.79. The van der Waals surface area contributed by atoms with Crippen LogP contribution in [0.5, 0.6) is 0 Å². The third-order valence-corrected chi connectivity index (χ3v) is 5.21. The van der Waals surface area contributed by atoms with Crippen LogP contribution in [0, 0.1) is 5.82 Å². The van der Waals surface area contributed by atoms with E-state index in [1.807, 2.05) is 17.6 Å². The van der Waals surface area contributed by atoms with Crippen LogP contribution in [0.25, 0.3) is 10.6 Å². The van der Waals surface area contributed by atoms with Crippen LogP contribution in [0.15, 0.2) is 42.0 Å². The van der Waals surface area contributed by atoms with Crippen molar-refractivity contribution in [1.82, 2.24) is 20.1 Å². The van der Waals surface area contributed by atoms with Crippen molar-refractivity contribution in [3.05, 3.63) is 53.6 Å². The number of hydrogen-bond acceptors (Lipinski definition) is 6. The molecule has 1 atom stereocenters. The van der Waals surface area contributed by atoms with Gasteiger partial charge in [0.2, 0.25) is 0 Å². The standard InChI is InChI=1S/C18H16FN5O4S/c19-15-6-12(24-9-13(28-18(24)27)7-20-17(25)26)2-3-14(15)16-22-11(10-29-16)8-23-5-1-4-21-23/h1-6,10,13,20H,7-9H2,(H,25,26)/t13-/m0/s1. The highest BCUT2D eigenvalue weighted by atomic mass is 32.1. The van der Waals surface area contributed by atoms with Crippen LogP contribution in [0.2, 0.25) is 0 Å². The van der Waals surface area contributed by atoms with E-state index >= 15 is 0 Å². The number of ether oxygens (including phenoxy) is 1. The van der Waals surface area contributed by atoms with Crippen molar-refractivity contribution in [1.29, 1.82) is 0 Å². The van der Waals surface area contributed by atoms with E-state index in [9.17, 15) is 14.0 Å². The summed E-state index contributed by atoms with van der Waals surface area (Å²) in [6.45, 7) is 0.591. The second kappa shape index (κ2) is 7.87. The molecule has 1 aromatic carbocycles. The van der Waals surface area contributed by atoms with Gasteiger partial charge in [0.1, 0.15) is 16.9 Å². The molecule has 0 radical (unpaired) electrons. The molecule has 1 aliphatic rings. The van der Waals surface area contributed by atoms with Crippen molar-refractivity contribution in [2.24, 2.45) is 0 Å². The first-order chi connectivity index (χ1) is 14.0. The van der Waals surface area contributed by atoms with Crippen LogP contribution in [0.1, 0.15) is 5.69 Å². The third kappa shape index (κ3) is 4.19. The topological polar surface area (TPSA) is 110 Å². The number of carboxylic acid groups (broad SMARTS) is 1. The molecule has 3 aromatic rings. The molecular formula is C18H16FN5O4S. The van der Waals surface area contributed by atoms with Crippen molar-refractivity contribution in [2.45, 2.75) is 12.6 Å². The van der Waals surface area contributed by atoms with E-state index in [-0.39, 0.29) is 13.1 Å². The summed E-state index contributed by atoms with van der Waals surface area (Å²) >= 11 is 1.33. The number of carbonyl (C=O) groups excluding carboxylic acids is 1. The van der Waals surface area contributed by atoms with E-state index in [1.165, 1.54) is 22.3 Å². The third-order valence-electron chi connectivity index (χ3n) is 4.28. The van der Waals surface area contributed by atoms with Crippen molar-refractivity contribution in [2.75, 3.05) is 18.0 Å². The van der Waals surface area contributed by atoms with Gasteiger partial charge in [-0.2, -0.15) is 5.10 Å². The Kier molecular flexibility index (Phi) is 5.12. The predicted octanol–water partition coefficient (Wildman–Crippen LogP) is 2.79. The minimum absolute atomic E-state index is 0.0315. The first kappa shape index (κ1) is 18.9. The summed E-state index contributed by atoms with van der Waals surface area (Å²) in [5.74, 6) is -0.512. The quantitative estimate of drug-likeness (QED) is 0.638. The molecular weight excluding hydrogens is 401 g/mol. The van der Waals surface area contributed by atoms with Gasteiger partial charge in [-0.05, 0) is 24.3 Å². The summed E-state index contributed by atoms with van der Waals surface area (Å²) in [7, 11) is 0. The molecule has 0 spiro atoms. The van der Waals surface area contributed by atoms with Crippen molar-refractivity contribution >= 4 is 29.2 Å². The molecule has 0 saturated carbocycles. The number of cyclic esters (lactones) is 1. The van der Waals surface area contributed by atoms with Gasteiger partial charge in [-0.25, -0.2) is 19.0 Å². The van der Waals surface area contributed by atoms with Gasteiger partial charge >= 0.3 is 12.2 Å². The van der Waals surface area contributed by atoms with Crippen LogP contribution >= 0.6 is 11.3 Å². The number of rotatable bonds is 6. The Morgan fingerprint density at radius 1 is 1.45 bits per heavy atom. The molecule has 0 bridgehead atoms. The molecule has 9 nitrogen and oxygen atoms in total. The molecule has 1 fully saturated rings. The minimum atomic E-state index is -1.20. The molecule has 2 amide bonds. The van der Waals surface area contributed by atoms with Crippen LogP contribution in [0.3, 0.4) is 0 Å². The molecule has 2 aromatic heterocycles. The largest absolute Gasteiger partial charge is 0.465 e. The number of amides is 2. The summed E-state index contributed by atoms with van der Waals surface area (Å²) in [5, 5.41) is 17.3. The molecule has 11 heteroatoms. The van der Waals surface area contributed by atoms with Gasteiger partial charge in [0, 0.05) is 23.3 Å². The fourth-order valence-electron chi connectivity index (χ4n) is 2.95. The highest BCUT2D eigenvalue weighted by Crippen LogP contribution is 2.31. The van der Waals surface area contributed by atoms with Gasteiger partial charge in [0.15, 0.2) is 0 Å². The number of anilines is 1. The molecule has 150 valence electrons. The zero-order chi connectivity index (χ0) is 20.4. The van der Waals surface area contributed by atoms with Gasteiger partial charge in [0.25, 0.3) is 0 Å². The van der Waals surface area contributed by atoms with E-state index in [0.29, 0.717) is 22.8 Å². The van der Waals surface area contributed by atoms with E-state index in [0.717, 1.165) is 5.69 Å². The molecule has 2 N–H and O–H groups in total. The first-order valence-electron chi connectivity index (χ1n) is 8.66. The summed E-state index contributed by atoms with van der Waals surface area (Å²) in [6, 6.07) is 6.24. The second-order valence-electron chi connectivity index (χ2n) is 6.31. The Labute approximate surface area is 168 Å². The van der Waals surface area contributed by atoms with Gasteiger partial charge < -0.3 is 15.2 Å². The number of hydrogen-bond donors (Lipinski definition) is 2. The number of halogens is 1. The lowest BCUT2D eigenvalue weighted by Gasteiger charge is -2.14. The second-order valence-corrected chi connectivity index (χ2v) is 7.17. The predicted molar refractivity (Wildman–Crippen MR) is 102 cm³/mol. The zero-order valence-corrected chi connectivity index (χ0v) is 15.8. The van der Waals surface area contributed by atoms with Crippen molar-refractivity contribution < 1.29 is 23.8 Å². The summed E-state index contributed by atoms with van der Waals surface area (Å²) in [4.78, 5) is 28.3. The van der Waals surface area contributed by atoms with E-state index in [2.05, 4.69) is 15.4 Å². The smallest absolute Gasteiger partial charge is 0.414 e. The van der Waals surface area contributed by atoms with Gasteiger partial charge in [-0.3, -0.25) is 9.58 Å². The Balaban J connectivity index is 1.48. The Bertz CT molecular complexity index is 1040. The van der Waals surface area contributed by atoms with Crippen LogP contribution in [-0.4, -0.2) is 51.3 Å². The average Bonchev–Trinajstić information content (AvgIpc) is 3.42. The van der Waals surface area contributed by atoms with Crippen molar-refractivity contribution in [3.63, 3.8) is 0 Å². The van der Waals surface area contributed by atoms with E-state index in [4.69, 9.17) is 9.84 Å². The highest BCUT2D eigenvalue weighted by molar-refractivity contribution is 7.13. The number of nitrogens with one attached hydrogen (secondary N) is 1.